The first-order valence-electron chi connectivity index (χ1n) is 9.24. The Bertz CT molecular complexity index is 783. The first kappa shape index (κ1) is 17.0. The second-order valence-electron chi connectivity index (χ2n) is 8.40. The van der Waals surface area contributed by atoms with Crippen LogP contribution in [0.15, 0.2) is 22.7 Å². The molecule has 2 fully saturated rings. The Balaban J connectivity index is 1.24. The number of carbonyl (C=O) groups is 1. The van der Waals surface area contributed by atoms with Crippen molar-refractivity contribution >= 4 is 11.7 Å². The van der Waals surface area contributed by atoms with Gasteiger partial charge < -0.3 is 14.7 Å². The van der Waals surface area contributed by atoms with Gasteiger partial charge in [-0.3, -0.25) is 4.79 Å². The summed E-state index contributed by atoms with van der Waals surface area (Å²) in [4.78, 5) is 14.3. The molecule has 0 bridgehead atoms. The van der Waals surface area contributed by atoms with Crippen LogP contribution in [0.2, 0.25) is 0 Å². The van der Waals surface area contributed by atoms with Gasteiger partial charge in [0, 0.05) is 43.0 Å². The SMILES string of the molecule is CC(C)(C)c1ccc(N2CC(CNC(=O)c3cc(C4CC4)on3)C2)nn1. The largest absolute Gasteiger partial charge is 0.360 e. The molecule has 3 heterocycles. The number of anilines is 1. The summed E-state index contributed by atoms with van der Waals surface area (Å²) in [5.74, 6) is 2.45. The van der Waals surface area contributed by atoms with Gasteiger partial charge in [-0.25, -0.2) is 0 Å². The summed E-state index contributed by atoms with van der Waals surface area (Å²) >= 11 is 0. The molecule has 26 heavy (non-hydrogen) atoms. The summed E-state index contributed by atoms with van der Waals surface area (Å²) in [6.07, 6.45) is 2.27. The Morgan fingerprint density at radius 3 is 2.65 bits per heavy atom. The van der Waals surface area contributed by atoms with Crippen LogP contribution >= 0.6 is 0 Å². The maximum atomic E-state index is 12.2. The molecule has 2 aromatic rings. The molecule has 0 radical (unpaired) electrons. The Morgan fingerprint density at radius 1 is 1.27 bits per heavy atom. The number of hydrogen-bond donors (Lipinski definition) is 1. The second-order valence-corrected chi connectivity index (χ2v) is 8.40. The van der Waals surface area contributed by atoms with Gasteiger partial charge in [0.25, 0.3) is 5.91 Å². The first-order valence-corrected chi connectivity index (χ1v) is 9.24. The van der Waals surface area contributed by atoms with E-state index in [9.17, 15) is 4.79 Å². The fourth-order valence-corrected chi connectivity index (χ4v) is 3.06. The van der Waals surface area contributed by atoms with Crippen LogP contribution in [0.4, 0.5) is 5.82 Å². The third kappa shape index (κ3) is 3.57. The highest BCUT2D eigenvalue weighted by atomic mass is 16.5. The van der Waals surface area contributed by atoms with E-state index in [1.54, 1.807) is 6.07 Å². The number of hydrogen-bond acceptors (Lipinski definition) is 6. The van der Waals surface area contributed by atoms with Crippen LogP contribution in [0.3, 0.4) is 0 Å². The summed E-state index contributed by atoms with van der Waals surface area (Å²) in [6, 6.07) is 5.84. The molecular formula is C19H25N5O2. The van der Waals surface area contributed by atoms with E-state index in [1.165, 1.54) is 0 Å². The van der Waals surface area contributed by atoms with E-state index in [0.717, 1.165) is 43.2 Å². The van der Waals surface area contributed by atoms with Gasteiger partial charge in [0.1, 0.15) is 5.76 Å². The van der Waals surface area contributed by atoms with Gasteiger partial charge in [-0.15, -0.1) is 5.10 Å². The highest BCUT2D eigenvalue weighted by Gasteiger charge is 2.31. The van der Waals surface area contributed by atoms with Crippen molar-refractivity contribution in [2.75, 3.05) is 24.5 Å². The van der Waals surface area contributed by atoms with Gasteiger partial charge in [-0.2, -0.15) is 5.10 Å². The first-order chi connectivity index (χ1) is 12.4. The molecule has 4 rings (SSSR count). The Kier molecular flexibility index (Phi) is 4.17. The van der Waals surface area contributed by atoms with Crippen molar-refractivity contribution in [3.8, 4) is 0 Å². The molecule has 1 N–H and O–H groups in total. The number of aromatic nitrogens is 3. The zero-order chi connectivity index (χ0) is 18.3. The van der Waals surface area contributed by atoms with Crippen LogP contribution in [-0.2, 0) is 5.41 Å². The third-order valence-corrected chi connectivity index (χ3v) is 4.99. The molecule has 1 amide bonds. The van der Waals surface area contributed by atoms with Crippen LogP contribution in [-0.4, -0.2) is 40.9 Å². The summed E-state index contributed by atoms with van der Waals surface area (Å²) in [5.41, 5.74) is 1.38. The maximum absolute atomic E-state index is 12.2. The fourth-order valence-electron chi connectivity index (χ4n) is 3.06. The van der Waals surface area contributed by atoms with Crippen LogP contribution in [0, 0.1) is 5.92 Å². The average molecular weight is 355 g/mol. The molecule has 1 saturated carbocycles. The standard InChI is InChI=1S/C19H25N5O2/c1-19(2,3)16-6-7-17(22-21-16)24-10-12(11-24)9-20-18(25)14-8-15(26-23-14)13-4-5-13/h6-8,12-13H,4-5,9-11H2,1-3H3,(H,20,25). The van der Waals surface area contributed by atoms with E-state index >= 15 is 0 Å². The molecular weight excluding hydrogens is 330 g/mol. The number of amides is 1. The van der Waals surface area contributed by atoms with Gasteiger partial charge in [0.2, 0.25) is 0 Å². The molecule has 0 atom stereocenters. The molecule has 0 unspecified atom stereocenters. The van der Waals surface area contributed by atoms with E-state index in [2.05, 4.69) is 46.3 Å². The van der Waals surface area contributed by atoms with Crippen molar-refractivity contribution in [1.82, 2.24) is 20.7 Å². The van der Waals surface area contributed by atoms with Crippen LogP contribution in [0.5, 0.6) is 0 Å². The van der Waals surface area contributed by atoms with Crippen molar-refractivity contribution < 1.29 is 9.32 Å². The lowest BCUT2D eigenvalue weighted by Crippen LogP contribution is -2.52. The lowest BCUT2D eigenvalue weighted by atomic mass is 9.92. The Labute approximate surface area is 153 Å². The Morgan fingerprint density at radius 2 is 2.04 bits per heavy atom. The van der Waals surface area contributed by atoms with E-state index in [0.29, 0.717) is 24.1 Å². The molecule has 7 heteroatoms. The minimum atomic E-state index is -0.159. The average Bonchev–Trinajstić information content (AvgIpc) is 3.30. The molecule has 1 aliphatic carbocycles. The second kappa shape index (κ2) is 6.37. The van der Waals surface area contributed by atoms with Gasteiger partial charge in [-0.05, 0) is 25.0 Å². The minimum Gasteiger partial charge on any atom is -0.360 e. The predicted molar refractivity (Wildman–Crippen MR) is 97.2 cm³/mol. The highest BCUT2D eigenvalue weighted by molar-refractivity contribution is 5.92. The summed E-state index contributed by atoms with van der Waals surface area (Å²) in [7, 11) is 0. The number of carbonyl (C=O) groups excluding carboxylic acids is 1. The normalized spacial score (nSPS) is 17.9. The van der Waals surface area contributed by atoms with Crippen molar-refractivity contribution in [2.24, 2.45) is 5.92 Å². The van der Waals surface area contributed by atoms with Gasteiger partial charge in [0.15, 0.2) is 11.5 Å². The quantitative estimate of drug-likeness (QED) is 0.887. The maximum Gasteiger partial charge on any atom is 0.273 e. The smallest absolute Gasteiger partial charge is 0.273 e. The van der Waals surface area contributed by atoms with Gasteiger partial charge >= 0.3 is 0 Å². The zero-order valence-corrected chi connectivity index (χ0v) is 15.5. The van der Waals surface area contributed by atoms with Crippen LogP contribution in [0.25, 0.3) is 0 Å². The molecule has 138 valence electrons. The molecule has 2 aliphatic rings. The van der Waals surface area contributed by atoms with Crippen molar-refractivity contribution in [3.05, 3.63) is 35.3 Å². The lowest BCUT2D eigenvalue weighted by molar-refractivity contribution is 0.0935. The number of rotatable bonds is 5. The van der Waals surface area contributed by atoms with E-state index < -0.39 is 0 Å². The van der Waals surface area contributed by atoms with E-state index in [4.69, 9.17) is 4.52 Å². The summed E-state index contributed by atoms with van der Waals surface area (Å²) in [5, 5.41) is 15.5. The molecule has 2 aromatic heterocycles. The van der Waals surface area contributed by atoms with Crippen LogP contribution < -0.4 is 10.2 Å². The topological polar surface area (TPSA) is 84.2 Å². The molecule has 1 aliphatic heterocycles. The van der Waals surface area contributed by atoms with Crippen molar-refractivity contribution in [3.63, 3.8) is 0 Å². The van der Waals surface area contributed by atoms with E-state index in [1.807, 2.05) is 12.1 Å². The fraction of sp³-hybridized carbons (Fsp3) is 0.579. The van der Waals surface area contributed by atoms with E-state index in [-0.39, 0.29) is 11.3 Å². The monoisotopic (exact) mass is 355 g/mol. The zero-order valence-electron chi connectivity index (χ0n) is 15.5. The number of nitrogens with zero attached hydrogens (tertiary/aromatic N) is 4. The molecule has 0 aromatic carbocycles. The lowest BCUT2D eigenvalue weighted by Gasteiger charge is -2.40. The summed E-state index contributed by atoms with van der Waals surface area (Å²) < 4.78 is 5.23. The van der Waals surface area contributed by atoms with Gasteiger partial charge in [-0.1, -0.05) is 25.9 Å². The third-order valence-electron chi connectivity index (χ3n) is 4.99. The van der Waals surface area contributed by atoms with Crippen LogP contribution in [0.1, 0.15) is 61.5 Å². The molecule has 0 spiro atoms. The summed E-state index contributed by atoms with van der Waals surface area (Å²) in [6.45, 7) is 8.75. The Hall–Kier alpha value is -2.44. The van der Waals surface area contributed by atoms with Crippen molar-refractivity contribution in [1.29, 1.82) is 0 Å². The highest BCUT2D eigenvalue weighted by Crippen LogP contribution is 2.40. The molecule has 1 saturated heterocycles. The van der Waals surface area contributed by atoms with Crippen molar-refractivity contribution in [2.45, 2.75) is 44.9 Å². The minimum absolute atomic E-state index is 0.00772. The predicted octanol–water partition coefficient (Wildman–Crippen LogP) is 2.51. The van der Waals surface area contributed by atoms with Gasteiger partial charge in [0.05, 0.1) is 5.69 Å². The number of nitrogens with one attached hydrogen (secondary N) is 1. The molecule has 7 nitrogen and oxygen atoms in total.